The number of carbonyl (C=O) groups excluding carboxylic acids is 1. The Hall–Kier alpha value is -1.22. The fourth-order valence-electron chi connectivity index (χ4n) is 1.52. The number of nitrogens with one attached hydrogen (secondary N) is 1. The summed E-state index contributed by atoms with van der Waals surface area (Å²) in [5, 5.41) is 3.45. The second kappa shape index (κ2) is 7.27. The van der Waals surface area contributed by atoms with E-state index in [1.807, 2.05) is 39.0 Å². The normalized spacial score (nSPS) is 10.5. The molecule has 1 amide bonds. The van der Waals surface area contributed by atoms with Crippen molar-refractivity contribution in [3.05, 3.63) is 28.8 Å². The van der Waals surface area contributed by atoms with E-state index in [0.29, 0.717) is 23.7 Å². The fraction of sp³-hybridized carbons (Fsp3) is 0.500. The maximum Gasteiger partial charge on any atom is 0.219 e. The molecule has 3 nitrogen and oxygen atoms in total. The molecule has 1 aromatic rings. The van der Waals surface area contributed by atoms with Crippen molar-refractivity contribution in [3.63, 3.8) is 0 Å². The van der Waals surface area contributed by atoms with Crippen LogP contribution in [0.5, 0.6) is 5.75 Å². The van der Waals surface area contributed by atoms with Crippen LogP contribution in [0.2, 0.25) is 5.02 Å². The van der Waals surface area contributed by atoms with Crippen LogP contribution in [0.3, 0.4) is 0 Å². The van der Waals surface area contributed by atoms with Crippen LogP contribution in [-0.4, -0.2) is 18.6 Å². The minimum atomic E-state index is 0.0702. The lowest BCUT2D eigenvalue weighted by atomic mass is 10.1. The summed E-state index contributed by atoms with van der Waals surface area (Å²) in [6.07, 6.45) is 1.40. The van der Waals surface area contributed by atoms with E-state index in [0.717, 1.165) is 12.0 Å². The third-order valence-corrected chi connectivity index (χ3v) is 2.71. The van der Waals surface area contributed by atoms with Crippen molar-refractivity contribution in [1.29, 1.82) is 0 Å². The highest BCUT2D eigenvalue weighted by Crippen LogP contribution is 2.26. The Morgan fingerprint density at radius 3 is 2.72 bits per heavy atom. The summed E-state index contributed by atoms with van der Waals surface area (Å²) in [5.74, 6) is 0.772. The molecule has 0 saturated carbocycles. The molecule has 0 aliphatic heterocycles. The molecule has 4 heteroatoms. The van der Waals surface area contributed by atoms with Crippen molar-refractivity contribution in [2.45, 2.75) is 39.7 Å². The van der Waals surface area contributed by atoms with Crippen molar-refractivity contribution < 1.29 is 9.53 Å². The molecule has 0 heterocycles. The van der Waals surface area contributed by atoms with Gasteiger partial charge in [0, 0.05) is 13.0 Å². The summed E-state index contributed by atoms with van der Waals surface area (Å²) in [7, 11) is 0. The first-order valence-corrected chi connectivity index (χ1v) is 6.62. The first kappa shape index (κ1) is 14.8. The van der Waals surface area contributed by atoms with Crippen molar-refractivity contribution in [1.82, 2.24) is 5.32 Å². The molecule has 0 atom stereocenters. The largest absolute Gasteiger partial charge is 0.489 e. The third-order valence-electron chi connectivity index (χ3n) is 2.42. The number of hydrogen-bond donors (Lipinski definition) is 1. The molecular weight excluding hydrogens is 250 g/mol. The summed E-state index contributed by atoms with van der Waals surface area (Å²) in [6.45, 7) is 6.40. The summed E-state index contributed by atoms with van der Waals surface area (Å²) in [5.41, 5.74) is 1.09. The van der Waals surface area contributed by atoms with E-state index >= 15 is 0 Å². The lowest BCUT2D eigenvalue weighted by Crippen LogP contribution is -2.24. The van der Waals surface area contributed by atoms with Crippen molar-refractivity contribution in [3.8, 4) is 5.75 Å². The molecule has 1 rings (SSSR count). The molecule has 0 unspecified atom stereocenters. The molecule has 0 aromatic heterocycles. The SMILES string of the molecule is CCC(=O)NCCc1ccc(OC(C)C)c(Cl)c1. The van der Waals surface area contributed by atoms with Gasteiger partial charge >= 0.3 is 0 Å². The van der Waals surface area contributed by atoms with Crippen LogP contribution in [0, 0.1) is 0 Å². The zero-order valence-electron chi connectivity index (χ0n) is 11.1. The van der Waals surface area contributed by atoms with E-state index in [1.54, 1.807) is 0 Å². The highest BCUT2D eigenvalue weighted by molar-refractivity contribution is 6.32. The minimum absolute atomic E-state index is 0.0702. The maximum absolute atomic E-state index is 11.1. The van der Waals surface area contributed by atoms with Gasteiger partial charge < -0.3 is 10.1 Å². The number of ether oxygens (including phenoxy) is 1. The van der Waals surface area contributed by atoms with E-state index in [9.17, 15) is 4.79 Å². The van der Waals surface area contributed by atoms with Gasteiger partial charge in [0.25, 0.3) is 0 Å². The standard InChI is InChI=1S/C14H20ClNO2/c1-4-14(17)16-8-7-11-5-6-13(12(15)9-11)18-10(2)3/h5-6,9-10H,4,7-8H2,1-3H3,(H,16,17). The van der Waals surface area contributed by atoms with E-state index in [1.165, 1.54) is 0 Å². The molecule has 0 fully saturated rings. The van der Waals surface area contributed by atoms with Crippen molar-refractivity contribution >= 4 is 17.5 Å². The predicted octanol–water partition coefficient (Wildman–Crippen LogP) is 3.20. The van der Waals surface area contributed by atoms with Crippen LogP contribution < -0.4 is 10.1 Å². The molecule has 18 heavy (non-hydrogen) atoms. The van der Waals surface area contributed by atoms with E-state index in [4.69, 9.17) is 16.3 Å². The summed E-state index contributed by atoms with van der Waals surface area (Å²) < 4.78 is 5.56. The van der Waals surface area contributed by atoms with Crippen LogP contribution >= 0.6 is 11.6 Å². The Bertz CT molecular complexity index is 405. The molecular formula is C14H20ClNO2. The molecule has 1 N–H and O–H groups in total. The van der Waals surface area contributed by atoms with Gasteiger partial charge in [-0.05, 0) is 38.0 Å². The second-order valence-electron chi connectivity index (χ2n) is 4.38. The minimum Gasteiger partial charge on any atom is -0.489 e. The quantitative estimate of drug-likeness (QED) is 0.861. The number of benzene rings is 1. The van der Waals surface area contributed by atoms with Gasteiger partial charge in [-0.1, -0.05) is 24.6 Å². The number of halogens is 1. The topological polar surface area (TPSA) is 38.3 Å². The second-order valence-corrected chi connectivity index (χ2v) is 4.79. The molecule has 0 aliphatic rings. The molecule has 0 saturated heterocycles. The fourth-order valence-corrected chi connectivity index (χ4v) is 1.77. The van der Waals surface area contributed by atoms with Gasteiger partial charge in [-0.25, -0.2) is 0 Å². The average Bonchev–Trinajstić information content (AvgIpc) is 2.32. The Morgan fingerprint density at radius 2 is 2.17 bits per heavy atom. The van der Waals surface area contributed by atoms with E-state index in [-0.39, 0.29) is 12.0 Å². The van der Waals surface area contributed by atoms with Crippen LogP contribution in [0.4, 0.5) is 0 Å². The Kier molecular flexibility index (Phi) is 5.99. The van der Waals surface area contributed by atoms with Gasteiger partial charge in [0.2, 0.25) is 5.91 Å². The van der Waals surface area contributed by atoms with E-state index < -0.39 is 0 Å². The highest BCUT2D eigenvalue weighted by Gasteiger charge is 2.05. The monoisotopic (exact) mass is 269 g/mol. The zero-order chi connectivity index (χ0) is 13.5. The van der Waals surface area contributed by atoms with Crippen LogP contribution in [0.1, 0.15) is 32.8 Å². The van der Waals surface area contributed by atoms with Crippen LogP contribution in [0.25, 0.3) is 0 Å². The first-order chi connectivity index (χ1) is 8.52. The molecule has 0 aliphatic carbocycles. The Morgan fingerprint density at radius 1 is 1.44 bits per heavy atom. The lowest BCUT2D eigenvalue weighted by molar-refractivity contribution is -0.120. The van der Waals surface area contributed by atoms with Crippen LogP contribution in [0.15, 0.2) is 18.2 Å². The van der Waals surface area contributed by atoms with Crippen molar-refractivity contribution in [2.24, 2.45) is 0 Å². The van der Waals surface area contributed by atoms with Gasteiger partial charge in [-0.2, -0.15) is 0 Å². The van der Waals surface area contributed by atoms with Gasteiger partial charge in [0.05, 0.1) is 11.1 Å². The molecule has 1 aromatic carbocycles. The lowest BCUT2D eigenvalue weighted by Gasteiger charge is -2.12. The average molecular weight is 270 g/mol. The summed E-state index contributed by atoms with van der Waals surface area (Å²) in [4.78, 5) is 11.1. The number of carbonyl (C=O) groups is 1. The first-order valence-electron chi connectivity index (χ1n) is 6.24. The van der Waals surface area contributed by atoms with E-state index in [2.05, 4.69) is 5.32 Å². The number of rotatable bonds is 6. The van der Waals surface area contributed by atoms with Gasteiger partial charge in [-0.3, -0.25) is 4.79 Å². The van der Waals surface area contributed by atoms with Crippen LogP contribution in [-0.2, 0) is 11.2 Å². The Labute approximate surface area is 113 Å². The highest BCUT2D eigenvalue weighted by atomic mass is 35.5. The predicted molar refractivity (Wildman–Crippen MR) is 74.2 cm³/mol. The van der Waals surface area contributed by atoms with Crippen molar-refractivity contribution in [2.75, 3.05) is 6.54 Å². The van der Waals surface area contributed by atoms with Gasteiger partial charge in [0.15, 0.2) is 0 Å². The zero-order valence-corrected chi connectivity index (χ0v) is 11.9. The molecule has 0 spiro atoms. The van der Waals surface area contributed by atoms with Gasteiger partial charge in [-0.15, -0.1) is 0 Å². The molecule has 0 bridgehead atoms. The molecule has 100 valence electrons. The third kappa shape index (κ3) is 4.96. The number of hydrogen-bond acceptors (Lipinski definition) is 2. The van der Waals surface area contributed by atoms with Gasteiger partial charge in [0.1, 0.15) is 5.75 Å². The summed E-state index contributed by atoms with van der Waals surface area (Å²) in [6, 6.07) is 5.73. The number of amides is 1. The smallest absolute Gasteiger partial charge is 0.219 e. The molecule has 0 radical (unpaired) electrons. The summed E-state index contributed by atoms with van der Waals surface area (Å²) >= 11 is 6.13. The Balaban J connectivity index is 2.53. The maximum atomic E-state index is 11.1.